The van der Waals surface area contributed by atoms with Crippen LogP contribution < -0.4 is 5.32 Å². The maximum absolute atomic E-state index is 11.1. The minimum atomic E-state index is -0.764. The summed E-state index contributed by atoms with van der Waals surface area (Å²) in [6.07, 6.45) is 3.27. The number of nitrogens with one attached hydrogen (secondary N) is 1. The zero-order valence-electron chi connectivity index (χ0n) is 7.38. The van der Waals surface area contributed by atoms with Gasteiger partial charge in [0.05, 0.1) is 5.92 Å². The lowest BCUT2D eigenvalue weighted by atomic mass is 9.58. The number of carboxylic acid groups (broad SMARTS) is 1. The van der Waals surface area contributed by atoms with E-state index in [-0.39, 0.29) is 17.2 Å². The first kappa shape index (κ1) is 8.53. The SMILES string of the molecule is O=C1CC2(CCC2)C(C(=O)O)CN1. The highest BCUT2D eigenvalue weighted by Crippen LogP contribution is 2.51. The highest BCUT2D eigenvalue weighted by molar-refractivity contribution is 5.82. The Labute approximate surface area is 76.3 Å². The molecule has 2 fully saturated rings. The molecule has 1 aliphatic heterocycles. The number of amides is 1. The number of aliphatic carboxylic acids is 1. The van der Waals surface area contributed by atoms with E-state index in [9.17, 15) is 9.59 Å². The monoisotopic (exact) mass is 183 g/mol. The number of carbonyl (C=O) groups excluding carboxylic acids is 1. The highest BCUT2D eigenvalue weighted by Gasteiger charge is 2.51. The van der Waals surface area contributed by atoms with Crippen molar-refractivity contribution in [3.05, 3.63) is 0 Å². The molecule has 1 aliphatic carbocycles. The van der Waals surface area contributed by atoms with Crippen molar-refractivity contribution in [2.75, 3.05) is 6.54 Å². The Bertz CT molecular complexity index is 258. The largest absolute Gasteiger partial charge is 0.481 e. The van der Waals surface area contributed by atoms with Crippen LogP contribution in [0.5, 0.6) is 0 Å². The van der Waals surface area contributed by atoms with Gasteiger partial charge >= 0.3 is 5.97 Å². The summed E-state index contributed by atoms with van der Waals surface area (Å²) in [5.41, 5.74) is -0.200. The first-order valence-electron chi connectivity index (χ1n) is 4.64. The predicted molar refractivity (Wildman–Crippen MR) is 45.0 cm³/mol. The molecule has 2 N–H and O–H groups in total. The Balaban J connectivity index is 2.17. The van der Waals surface area contributed by atoms with Crippen molar-refractivity contribution < 1.29 is 14.7 Å². The molecule has 0 bridgehead atoms. The summed E-state index contributed by atoms with van der Waals surface area (Å²) in [5.74, 6) is -1.11. The summed E-state index contributed by atoms with van der Waals surface area (Å²) in [6, 6.07) is 0. The van der Waals surface area contributed by atoms with Gasteiger partial charge in [0.1, 0.15) is 0 Å². The van der Waals surface area contributed by atoms with Gasteiger partial charge in [-0.2, -0.15) is 0 Å². The highest BCUT2D eigenvalue weighted by atomic mass is 16.4. The molecule has 4 heteroatoms. The third-order valence-electron chi connectivity index (χ3n) is 3.40. The lowest BCUT2D eigenvalue weighted by molar-refractivity contribution is -0.154. The second kappa shape index (κ2) is 2.72. The van der Waals surface area contributed by atoms with Crippen molar-refractivity contribution in [3.8, 4) is 0 Å². The molecule has 1 amide bonds. The Morgan fingerprint density at radius 2 is 2.23 bits per heavy atom. The molecule has 1 spiro atoms. The van der Waals surface area contributed by atoms with E-state index in [4.69, 9.17) is 5.11 Å². The fourth-order valence-electron chi connectivity index (χ4n) is 2.44. The molecule has 1 unspecified atom stereocenters. The van der Waals surface area contributed by atoms with Crippen molar-refractivity contribution in [2.45, 2.75) is 25.7 Å². The minimum Gasteiger partial charge on any atom is -0.481 e. The average molecular weight is 183 g/mol. The van der Waals surface area contributed by atoms with E-state index in [1.165, 1.54) is 0 Å². The van der Waals surface area contributed by atoms with Crippen LogP contribution in [0.15, 0.2) is 0 Å². The molecule has 0 radical (unpaired) electrons. The molecule has 1 heterocycles. The summed E-state index contributed by atoms with van der Waals surface area (Å²) in [4.78, 5) is 22.1. The Kier molecular flexibility index (Phi) is 1.78. The van der Waals surface area contributed by atoms with Crippen molar-refractivity contribution in [1.29, 1.82) is 0 Å². The van der Waals surface area contributed by atoms with Crippen LogP contribution in [0.25, 0.3) is 0 Å². The number of hydrogen-bond donors (Lipinski definition) is 2. The molecule has 13 heavy (non-hydrogen) atoms. The molecule has 0 aromatic carbocycles. The van der Waals surface area contributed by atoms with Crippen LogP contribution in [0.3, 0.4) is 0 Å². The number of carbonyl (C=O) groups is 2. The van der Waals surface area contributed by atoms with Gasteiger partial charge in [0.15, 0.2) is 0 Å². The average Bonchev–Trinajstić information content (AvgIpc) is 2.00. The molecule has 0 aromatic rings. The fourth-order valence-corrected chi connectivity index (χ4v) is 2.44. The fraction of sp³-hybridized carbons (Fsp3) is 0.778. The molecule has 2 aliphatic rings. The van der Waals surface area contributed by atoms with Crippen LogP contribution in [0, 0.1) is 11.3 Å². The Hall–Kier alpha value is -1.06. The maximum atomic E-state index is 11.1. The minimum absolute atomic E-state index is 0.0113. The van der Waals surface area contributed by atoms with E-state index >= 15 is 0 Å². The first-order chi connectivity index (χ1) is 6.14. The molecule has 1 saturated heterocycles. The first-order valence-corrected chi connectivity index (χ1v) is 4.64. The van der Waals surface area contributed by atoms with Gasteiger partial charge in [-0.25, -0.2) is 0 Å². The van der Waals surface area contributed by atoms with Crippen LogP contribution in [0.4, 0.5) is 0 Å². The van der Waals surface area contributed by atoms with Gasteiger partial charge in [0, 0.05) is 13.0 Å². The summed E-state index contributed by atoms with van der Waals surface area (Å²) >= 11 is 0. The lowest BCUT2D eigenvalue weighted by Gasteiger charge is -2.48. The van der Waals surface area contributed by atoms with Crippen LogP contribution in [-0.2, 0) is 9.59 Å². The number of carboxylic acids is 1. The second-order valence-electron chi connectivity index (χ2n) is 4.09. The summed E-state index contributed by atoms with van der Waals surface area (Å²) in [5, 5.41) is 11.6. The van der Waals surface area contributed by atoms with Crippen molar-refractivity contribution in [3.63, 3.8) is 0 Å². The predicted octanol–water partition coefficient (Wildman–Crippen LogP) is 0.377. The molecule has 1 atom stereocenters. The van der Waals surface area contributed by atoms with Gasteiger partial charge in [-0.05, 0) is 18.3 Å². The Morgan fingerprint density at radius 3 is 2.69 bits per heavy atom. The summed E-state index contributed by atoms with van der Waals surface area (Å²) < 4.78 is 0. The molecular weight excluding hydrogens is 170 g/mol. The van der Waals surface area contributed by atoms with Gasteiger partial charge in [-0.15, -0.1) is 0 Å². The summed E-state index contributed by atoms with van der Waals surface area (Å²) in [7, 11) is 0. The van der Waals surface area contributed by atoms with E-state index in [1.54, 1.807) is 0 Å². The Morgan fingerprint density at radius 1 is 1.54 bits per heavy atom. The van der Waals surface area contributed by atoms with E-state index < -0.39 is 5.97 Å². The molecule has 2 rings (SSSR count). The van der Waals surface area contributed by atoms with E-state index in [2.05, 4.69) is 5.32 Å². The second-order valence-corrected chi connectivity index (χ2v) is 4.09. The number of hydrogen-bond acceptors (Lipinski definition) is 2. The topological polar surface area (TPSA) is 66.4 Å². The van der Waals surface area contributed by atoms with E-state index in [0.717, 1.165) is 19.3 Å². The quantitative estimate of drug-likeness (QED) is 0.617. The third-order valence-corrected chi connectivity index (χ3v) is 3.40. The zero-order valence-corrected chi connectivity index (χ0v) is 7.38. The zero-order chi connectivity index (χ0) is 9.47. The lowest BCUT2D eigenvalue weighted by Crippen LogP contribution is -2.54. The summed E-state index contributed by atoms with van der Waals surface area (Å²) in [6.45, 7) is 0.314. The molecule has 0 aromatic heterocycles. The molecule has 72 valence electrons. The van der Waals surface area contributed by atoms with E-state index in [1.807, 2.05) is 0 Å². The van der Waals surface area contributed by atoms with Gasteiger partial charge in [0.2, 0.25) is 5.91 Å². The number of piperidine rings is 1. The van der Waals surface area contributed by atoms with E-state index in [0.29, 0.717) is 13.0 Å². The van der Waals surface area contributed by atoms with Gasteiger partial charge in [-0.1, -0.05) is 6.42 Å². The van der Waals surface area contributed by atoms with Crippen LogP contribution in [0.1, 0.15) is 25.7 Å². The normalized spacial score (nSPS) is 30.8. The van der Waals surface area contributed by atoms with Gasteiger partial charge in [0.25, 0.3) is 0 Å². The van der Waals surface area contributed by atoms with Crippen LogP contribution in [0.2, 0.25) is 0 Å². The smallest absolute Gasteiger partial charge is 0.308 e. The van der Waals surface area contributed by atoms with Gasteiger partial charge < -0.3 is 10.4 Å². The third kappa shape index (κ3) is 1.20. The molecule has 1 saturated carbocycles. The molecular formula is C9H13NO3. The van der Waals surface area contributed by atoms with Crippen molar-refractivity contribution >= 4 is 11.9 Å². The molecule has 4 nitrogen and oxygen atoms in total. The van der Waals surface area contributed by atoms with Crippen LogP contribution >= 0.6 is 0 Å². The number of rotatable bonds is 1. The van der Waals surface area contributed by atoms with Crippen LogP contribution in [-0.4, -0.2) is 23.5 Å². The standard InChI is InChI=1S/C9H13NO3/c11-7-4-9(2-1-3-9)6(5-10-7)8(12)13/h6H,1-5H2,(H,10,11)(H,12,13). The maximum Gasteiger partial charge on any atom is 0.308 e. The van der Waals surface area contributed by atoms with Gasteiger partial charge in [-0.3, -0.25) is 9.59 Å². The van der Waals surface area contributed by atoms with Crippen molar-refractivity contribution in [1.82, 2.24) is 5.32 Å². The van der Waals surface area contributed by atoms with Crippen molar-refractivity contribution in [2.24, 2.45) is 11.3 Å².